The number of benzene rings is 1. The van der Waals surface area contributed by atoms with Crippen molar-refractivity contribution in [2.24, 2.45) is 0 Å². The van der Waals surface area contributed by atoms with Crippen LogP contribution in [0.5, 0.6) is 0 Å². The summed E-state index contributed by atoms with van der Waals surface area (Å²) in [6.45, 7) is 0. The molecule has 0 aliphatic heterocycles. The van der Waals surface area contributed by atoms with Crippen molar-refractivity contribution in [1.29, 1.82) is 0 Å². The van der Waals surface area contributed by atoms with E-state index in [4.69, 9.17) is 18.8 Å². The fraction of sp³-hybridized carbons (Fsp3) is 0. The van der Waals surface area contributed by atoms with Crippen LogP contribution in [0, 0.1) is 0 Å². The van der Waals surface area contributed by atoms with Crippen molar-refractivity contribution in [2.75, 3.05) is 0 Å². The zero-order chi connectivity index (χ0) is 11.3. The summed E-state index contributed by atoms with van der Waals surface area (Å²) in [5.74, 6) is 0. The summed E-state index contributed by atoms with van der Waals surface area (Å²) >= 11 is 0. The molecule has 0 saturated carbocycles. The normalized spacial score (nSPS) is 9.20. The van der Waals surface area contributed by atoms with Crippen LogP contribution in [-0.2, 0) is 4.57 Å². The molecule has 0 aliphatic rings. The Labute approximate surface area is 85.6 Å². The van der Waals surface area contributed by atoms with Crippen molar-refractivity contribution in [2.45, 2.75) is 0 Å². The average molecular weight is 227 g/mol. The first-order chi connectivity index (χ1) is 7.09. The molecular weight excluding hydrogens is 219 g/mol. The molecule has 0 fully saturated rings. The van der Waals surface area contributed by atoms with Crippen LogP contribution < -0.4 is 5.63 Å². The third-order valence-corrected chi connectivity index (χ3v) is 1.53. The van der Waals surface area contributed by atoms with Gasteiger partial charge in [-0.15, -0.1) is 9.79 Å². The lowest BCUT2D eigenvalue weighted by Gasteiger charge is -1.91. The van der Waals surface area contributed by atoms with E-state index in [1.807, 2.05) is 18.2 Å². The summed E-state index contributed by atoms with van der Waals surface area (Å²) in [7, 11) is -2.87. The van der Waals surface area contributed by atoms with Gasteiger partial charge in [0.2, 0.25) is 0 Å². The summed E-state index contributed by atoms with van der Waals surface area (Å²) in [6, 6.07) is 10.6. The predicted octanol–water partition coefficient (Wildman–Crippen LogP) is 1.42. The van der Waals surface area contributed by atoms with Gasteiger partial charge in [-0.1, -0.05) is 18.2 Å². The van der Waals surface area contributed by atoms with Crippen LogP contribution in [0.3, 0.4) is 0 Å². The molecular formula is C9H8O5P+. The Hall–Kier alpha value is -1.55. The van der Waals surface area contributed by atoms with E-state index in [1.54, 1.807) is 12.1 Å². The fourth-order valence-corrected chi connectivity index (χ4v) is 1.01. The highest BCUT2D eigenvalue weighted by molar-refractivity contribution is 7.30. The number of rotatable bonds is 0. The molecule has 0 saturated heterocycles. The average Bonchev–Trinajstić information content (AvgIpc) is 2.16. The van der Waals surface area contributed by atoms with Crippen LogP contribution in [0.25, 0.3) is 11.0 Å². The topological polar surface area (TPSA) is 87.7 Å². The van der Waals surface area contributed by atoms with Crippen LogP contribution in [0.2, 0.25) is 0 Å². The Balaban J connectivity index is 0.000000245. The van der Waals surface area contributed by atoms with E-state index in [2.05, 4.69) is 0 Å². The first-order valence-corrected chi connectivity index (χ1v) is 5.10. The lowest BCUT2D eigenvalue weighted by Crippen LogP contribution is -1.93. The van der Waals surface area contributed by atoms with Crippen LogP contribution in [0.4, 0.5) is 0 Å². The van der Waals surface area contributed by atoms with E-state index in [9.17, 15) is 4.79 Å². The Kier molecular flexibility index (Phi) is 4.12. The first-order valence-electron chi connectivity index (χ1n) is 3.93. The zero-order valence-electron chi connectivity index (χ0n) is 7.53. The number of fused-ring (bicyclic) bond motifs is 1. The zero-order valence-corrected chi connectivity index (χ0v) is 8.42. The highest BCUT2D eigenvalue weighted by atomic mass is 31.1. The van der Waals surface area contributed by atoms with Gasteiger partial charge < -0.3 is 4.42 Å². The molecule has 6 heteroatoms. The molecule has 1 heterocycles. The molecule has 2 rings (SSSR count). The molecule has 0 radical (unpaired) electrons. The summed E-state index contributed by atoms with van der Waals surface area (Å²) in [5.41, 5.74) is 0.337. The minimum atomic E-state index is -2.87. The summed E-state index contributed by atoms with van der Waals surface area (Å²) in [6.07, 6.45) is 0. The van der Waals surface area contributed by atoms with Crippen LogP contribution >= 0.6 is 8.25 Å². The molecule has 0 bridgehead atoms. The molecule has 1 aromatic heterocycles. The quantitative estimate of drug-likeness (QED) is 0.525. The lowest BCUT2D eigenvalue weighted by molar-refractivity contribution is 0.405. The maximum absolute atomic E-state index is 10.7. The van der Waals surface area contributed by atoms with E-state index in [0.29, 0.717) is 5.58 Å². The summed E-state index contributed by atoms with van der Waals surface area (Å²) in [4.78, 5) is 25.0. The molecule has 15 heavy (non-hydrogen) atoms. The molecule has 2 aromatic rings. The van der Waals surface area contributed by atoms with Crippen molar-refractivity contribution in [3.05, 3.63) is 46.8 Å². The molecule has 0 spiro atoms. The number of hydrogen-bond donors (Lipinski definition) is 2. The van der Waals surface area contributed by atoms with Crippen molar-refractivity contribution in [3.63, 3.8) is 0 Å². The molecule has 5 nitrogen and oxygen atoms in total. The van der Waals surface area contributed by atoms with Crippen LogP contribution in [-0.4, -0.2) is 9.79 Å². The maximum atomic E-state index is 10.7. The molecule has 0 amide bonds. The van der Waals surface area contributed by atoms with E-state index in [1.165, 1.54) is 6.07 Å². The summed E-state index contributed by atoms with van der Waals surface area (Å²) < 4.78 is 13.6. The van der Waals surface area contributed by atoms with Crippen LogP contribution in [0.1, 0.15) is 0 Å². The standard InChI is InChI=1S/C9H6O2.HO3P/c10-9-6-5-7-3-1-2-4-8(7)11-9;1-4(2)3/h1-6H;(H-,1,2,3)/p+1. The number of hydrogen-bond acceptors (Lipinski definition) is 3. The molecule has 0 atom stereocenters. The third kappa shape index (κ3) is 3.99. The highest BCUT2D eigenvalue weighted by Crippen LogP contribution is 2.08. The second kappa shape index (κ2) is 5.36. The summed E-state index contributed by atoms with van der Waals surface area (Å²) in [5, 5.41) is 0.951. The first kappa shape index (κ1) is 11.5. The van der Waals surface area contributed by atoms with Gasteiger partial charge >= 0.3 is 13.9 Å². The smallest absolute Gasteiger partial charge is 0.423 e. The highest BCUT2D eigenvalue weighted by Gasteiger charge is 1.93. The Morgan fingerprint density at radius 1 is 1.07 bits per heavy atom. The second-order valence-electron chi connectivity index (χ2n) is 2.54. The molecule has 1 aromatic carbocycles. The van der Waals surface area contributed by atoms with E-state index in [-0.39, 0.29) is 5.63 Å². The number of para-hydroxylation sites is 1. The predicted molar refractivity (Wildman–Crippen MR) is 54.5 cm³/mol. The van der Waals surface area contributed by atoms with Crippen LogP contribution in [0.15, 0.2) is 45.6 Å². The van der Waals surface area contributed by atoms with Crippen molar-refractivity contribution < 1.29 is 18.8 Å². The van der Waals surface area contributed by atoms with Gasteiger partial charge in [0.25, 0.3) is 0 Å². The lowest BCUT2D eigenvalue weighted by atomic mass is 10.2. The Morgan fingerprint density at radius 2 is 1.67 bits per heavy atom. The van der Waals surface area contributed by atoms with Gasteiger partial charge in [-0.25, -0.2) is 4.79 Å². The van der Waals surface area contributed by atoms with Gasteiger partial charge in [0, 0.05) is 16.0 Å². The Bertz CT molecular complexity index is 515. The van der Waals surface area contributed by atoms with E-state index >= 15 is 0 Å². The van der Waals surface area contributed by atoms with Gasteiger partial charge in [0.05, 0.1) is 0 Å². The minimum Gasteiger partial charge on any atom is -0.423 e. The van der Waals surface area contributed by atoms with Crippen molar-refractivity contribution in [1.82, 2.24) is 0 Å². The van der Waals surface area contributed by atoms with Crippen molar-refractivity contribution in [3.8, 4) is 0 Å². The second-order valence-corrected chi connectivity index (χ2v) is 3.05. The third-order valence-electron chi connectivity index (χ3n) is 1.53. The van der Waals surface area contributed by atoms with Gasteiger partial charge in [0.1, 0.15) is 5.58 Å². The molecule has 2 N–H and O–H groups in total. The monoisotopic (exact) mass is 227 g/mol. The van der Waals surface area contributed by atoms with Gasteiger partial charge in [-0.3, -0.25) is 0 Å². The Morgan fingerprint density at radius 3 is 2.33 bits per heavy atom. The minimum absolute atomic E-state index is 0.302. The van der Waals surface area contributed by atoms with Gasteiger partial charge in [0.15, 0.2) is 0 Å². The van der Waals surface area contributed by atoms with Gasteiger partial charge in [-0.2, -0.15) is 0 Å². The molecule has 78 valence electrons. The van der Waals surface area contributed by atoms with Gasteiger partial charge in [-0.05, 0) is 12.1 Å². The largest absolute Gasteiger partial charge is 0.692 e. The molecule has 0 unspecified atom stereocenters. The van der Waals surface area contributed by atoms with E-state index in [0.717, 1.165) is 5.39 Å². The maximum Gasteiger partial charge on any atom is 0.692 e. The van der Waals surface area contributed by atoms with E-state index < -0.39 is 8.25 Å². The SMILES string of the molecule is O=[P+](O)O.O=c1ccc2ccccc2o1. The fourth-order valence-electron chi connectivity index (χ4n) is 1.01. The van der Waals surface area contributed by atoms with Crippen molar-refractivity contribution >= 4 is 19.2 Å². The molecule has 0 aliphatic carbocycles.